The standard InChI is InChI=1S/C21H15ClN2O2/c22-18-9-7-17(8-10-18)21(25)24-19-5-2-6-20(12-19)26-14-16-4-1-3-15(11-16)13-23/h1-12H,14H2,(H,24,25). The molecule has 0 fully saturated rings. The number of rotatable bonds is 5. The van der Waals surface area contributed by atoms with Crippen LogP contribution >= 0.6 is 11.6 Å². The number of anilines is 1. The number of hydrogen-bond donors (Lipinski definition) is 1. The molecule has 0 heterocycles. The van der Waals surface area contributed by atoms with Gasteiger partial charge in [-0.3, -0.25) is 4.79 Å². The summed E-state index contributed by atoms with van der Waals surface area (Å²) in [5, 5.41) is 12.3. The first-order valence-electron chi connectivity index (χ1n) is 7.93. The summed E-state index contributed by atoms with van der Waals surface area (Å²) >= 11 is 5.84. The molecule has 0 aromatic heterocycles. The third-order valence-corrected chi connectivity index (χ3v) is 3.91. The molecular weight excluding hydrogens is 348 g/mol. The summed E-state index contributed by atoms with van der Waals surface area (Å²) in [5.41, 5.74) is 2.65. The fourth-order valence-corrected chi connectivity index (χ4v) is 2.49. The lowest BCUT2D eigenvalue weighted by Gasteiger charge is -2.10. The third-order valence-electron chi connectivity index (χ3n) is 3.66. The van der Waals surface area contributed by atoms with E-state index in [1.807, 2.05) is 18.2 Å². The SMILES string of the molecule is N#Cc1cccc(COc2cccc(NC(=O)c3ccc(Cl)cc3)c2)c1. The molecule has 4 nitrogen and oxygen atoms in total. The van der Waals surface area contributed by atoms with Crippen molar-refractivity contribution in [2.45, 2.75) is 6.61 Å². The van der Waals surface area contributed by atoms with E-state index in [9.17, 15) is 4.79 Å². The van der Waals surface area contributed by atoms with Gasteiger partial charge < -0.3 is 10.1 Å². The van der Waals surface area contributed by atoms with Crippen molar-refractivity contribution < 1.29 is 9.53 Å². The molecule has 0 saturated heterocycles. The second-order valence-corrected chi connectivity index (χ2v) is 6.03. The number of carbonyl (C=O) groups excluding carboxylic acids is 1. The lowest BCUT2D eigenvalue weighted by molar-refractivity contribution is 0.102. The van der Waals surface area contributed by atoms with Gasteiger partial charge in [0.25, 0.3) is 5.91 Å². The average Bonchev–Trinajstić information content (AvgIpc) is 2.67. The number of nitrogens with one attached hydrogen (secondary N) is 1. The molecular formula is C21H15ClN2O2. The summed E-state index contributed by atoms with van der Waals surface area (Å²) in [5.74, 6) is 0.404. The Bertz CT molecular complexity index is 962. The molecule has 0 aliphatic carbocycles. The van der Waals surface area contributed by atoms with E-state index in [2.05, 4.69) is 11.4 Å². The van der Waals surface area contributed by atoms with Crippen molar-refractivity contribution >= 4 is 23.2 Å². The molecule has 0 aliphatic heterocycles. The van der Waals surface area contributed by atoms with Crippen molar-refractivity contribution in [1.29, 1.82) is 5.26 Å². The molecule has 0 spiro atoms. The van der Waals surface area contributed by atoms with E-state index in [0.717, 1.165) is 5.56 Å². The van der Waals surface area contributed by atoms with E-state index in [4.69, 9.17) is 21.6 Å². The number of nitrogens with zero attached hydrogens (tertiary/aromatic N) is 1. The lowest BCUT2D eigenvalue weighted by Crippen LogP contribution is -2.11. The maximum atomic E-state index is 12.3. The maximum absolute atomic E-state index is 12.3. The quantitative estimate of drug-likeness (QED) is 0.691. The first kappa shape index (κ1) is 17.5. The van der Waals surface area contributed by atoms with Gasteiger partial charge in [-0.1, -0.05) is 29.8 Å². The molecule has 0 atom stereocenters. The van der Waals surface area contributed by atoms with Crippen molar-refractivity contribution in [1.82, 2.24) is 0 Å². The summed E-state index contributed by atoms with van der Waals surface area (Å²) in [6.07, 6.45) is 0. The van der Waals surface area contributed by atoms with Crippen LogP contribution in [0.4, 0.5) is 5.69 Å². The highest BCUT2D eigenvalue weighted by Crippen LogP contribution is 2.20. The molecule has 5 heteroatoms. The van der Waals surface area contributed by atoms with Crippen molar-refractivity contribution in [3.8, 4) is 11.8 Å². The van der Waals surface area contributed by atoms with Gasteiger partial charge in [0.15, 0.2) is 0 Å². The van der Waals surface area contributed by atoms with E-state index in [-0.39, 0.29) is 5.91 Å². The van der Waals surface area contributed by atoms with E-state index in [0.29, 0.717) is 34.2 Å². The van der Waals surface area contributed by atoms with Crippen LogP contribution in [0.1, 0.15) is 21.5 Å². The van der Waals surface area contributed by atoms with Crippen LogP contribution in [0.15, 0.2) is 72.8 Å². The van der Waals surface area contributed by atoms with E-state index >= 15 is 0 Å². The molecule has 3 aromatic carbocycles. The topological polar surface area (TPSA) is 62.1 Å². The van der Waals surface area contributed by atoms with Crippen LogP contribution < -0.4 is 10.1 Å². The number of halogens is 1. The Hall–Kier alpha value is -3.29. The fraction of sp³-hybridized carbons (Fsp3) is 0.0476. The molecule has 1 N–H and O–H groups in total. The summed E-state index contributed by atoms with van der Waals surface area (Å²) in [6, 6.07) is 23.2. The highest BCUT2D eigenvalue weighted by atomic mass is 35.5. The summed E-state index contributed by atoms with van der Waals surface area (Å²) in [6.45, 7) is 0.337. The molecule has 26 heavy (non-hydrogen) atoms. The van der Waals surface area contributed by atoms with Crippen LogP contribution in [0.2, 0.25) is 5.02 Å². The van der Waals surface area contributed by atoms with Gasteiger partial charge in [-0.25, -0.2) is 0 Å². The Kier molecular flexibility index (Phi) is 5.52. The smallest absolute Gasteiger partial charge is 0.255 e. The summed E-state index contributed by atoms with van der Waals surface area (Å²) in [4.78, 5) is 12.3. The van der Waals surface area contributed by atoms with Gasteiger partial charge in [0.05, 0.1) is 11.6 Å². The Labute approximate surface area is 156 Å². The zero-order valence-electron chi connectivity index (χ0n) is 13.8. The largest absolute Gasteiger partial charge is 0.489 e. The lowest BCUT2D eigenvalue weighted by atomic mass is 10.1. The summed E-state index contributed by atoms with van der Waals surface area (Å²) < 4.78 is 5.76. The molecule has 3 aromatic rings. The number of nitriles is 1. The Morgan fingerprint density at radius 3 is 2.58 bits per heavy atom. The normalized spacial score (nSPS) is 10.0. The number of carbonyl (C=O) groups is 1. The minimum atomic E-state index is -0.222. The second-order valence-electron chi connectivity index (χ2n) is 5.59. The van der Waals surface area contributed by atoms with Crippen LogP contribution in [-0.4, -0.2) is 5.91 Å². The Balaban J connectivity index is 1.65. The molecule has 0 radical (unpaired) electrons. The zero-order chi connectivity index (χ0) is 18.4. The van der Waals surface area contributed by atoms with Crippen LogP contribution in [0.25, 0.3) is 0 Å². The Morgan fingerprint density at radius 2 is 1.81 bits per heavy atom. The van der Waals surface area contributed by atoms with E-state index in [1.165, 1.54) is 0 Å². The minimum Gasteiger partial charge on any atom is -0.489 e. The molecule has 0 unspecified atom stereocenters. The van der Waals surface area contributed by atoms with Crippen molar-refractivity contribution in [2.75, 3.05) is 5.32 Å². The molecule has 0 saturated carbocycles. The highest BCUT2D eigenvalue weighted by molar-refractivity contribution is 6.30. The molecule has 0 bridgehead atoms. The van der Waals surface area contributed by atoms with Gasteiger partial charge >= 0.3 is 0 Å². The van der Waals surface area contributed by atoms with E-state index in [1.54, 1.807) is 54.6 Å². The maximum Gasteiger partial charge on any atom is 0.255 e. The number of benzene rings is 3. The van der Waals surface area contributed by atoms with Crippen molar-refractivity contribution in [3.05, 3.63) is 94.5 Å². The van der Waals surface area contributed by atoms with Gasteiger partial charge in [0.1, 0.15) is 12.4 Å². The van der Waals surface area contributed by atoms with Crippen LogP contribution in [0.3, 0.4) is 0 Å². The molecule has 1 amide bonds. The van der Waals surface area contributed by atoms with Crippen LogP contribution in [-0.2, 0) is 6.61 Å². The van der Waals surface area contributed by atoms with Gasteiger partial charge in [-0.2, -0.15) is 5.26 Å². The first-order valence-corrected chi connectivity index (χ1v) is 8.31. The zero-order valence-corrected chi connectivity index (χ0v) is 14.5. The minimum absolute atomic E-state index is 0.222. The molecule has 3 rings (SSSR count). The van der Waals surface area contributed by atoms with Gasteiger partial charge in [-0.15, -0.1) is 0 Å². The highest BCUT2D eigenvalue weighted by Gasteiger charge is 2.07. The molecule has 128 valence electrons. The first-order chi connectivity index (χ1) is 12.6. The summed E-state index contributed by atoms with van der Waals surface area (Å²) in [7, 11) is 0. The number of ether oxygens (including phenoxy) is 1. The van der Waals surface area contributed by atoms with E-state index < -0.39 is 0 Å². The Morgan fingerprint density at radius 1 is 1.04 bits per heavy atom. The molecule has 0 aliphatic rings. The van der Waals surface area contributed by atoms with Gasteiger partial charge in [0.2, 0.25) is 0 Å². The van der Waals surface area contributed by atoms with Crippen molar-refractivity contribution in [2.24, 2.45) is 0 Å². The van der Waals surface area contributed by atoms with Crippen LogP contribution in [0, 0.1) is 11.3 Å². The van der Waals surface area contributed by atoms with Crippen LogP contribution in [0.5, 0.6) is 5.75 Å². The number of hydrogen-bond acceptors (Lipinski definition) is 3. The predicted octanol–water partition coefficient (Wildman–Crippen LogP) is 5.04. The second kappa shape index (κ2) is 8.19. The number of amides is 1. The third kappa shape index (κ3) is 4.62. The van der Waals surface area contributed by atoms with Gasteiger partial charge in [-0.05, 0) is 54.1 Å². The average molecular weight is 363 g/mol. The van der Waals surface area contributed by atoms with Gasteiger partial charge in [0, 0.05) is 22.3 Å². The predicted molar refractivity (Wildman–Crippen MR) is 101 cm³/mol. The monoisotopic (exact) mass is 362 g/mol. The van der Waals surface area contributed by atoms with Crippen molar-refractivity contribution in [3.63, 3.8) is 0 Å². The fourth-order valence-electron chi connectivity index (χ4n) is 2.37.